The molecule has 6 heteroatoms. The van der Waals surface area contributed by atoms with Gasteiger partial charge in [0.25, 0.3) is 0 Å². The lowest BCUT2D eigenvalue weighted by Crippen LogP contribution is -2.20. The molecule has 54 heavy (non-hydrogen) atoms. The smallest absolute Gasteiger partial charge is 0.155 e. The van der Waals surface area contributed by atoms with Crippen LogP contribution in [0.4, 0.5) is 34.1 Å². The average Bonchev–Trinajstić information content (AvgIpc) is 3.77. The molecule has 2 aliphatic heterocycles. The number of rotatable bonds is 4. The Balaban J connectivity index is 1.11. The molecule has 0 atom stereocenters. The zero-order valence-electron chi connectivity index (χ0n) is 28.8. The lowest BCUT2D eigenvalue weighted by Gasteiger charge is -2.38. The summed E-state index contributed by atoms with van der Waals surface area (Å²) in [7, 11) is 0. The third-order valence-electron chi connectivity index (χ3n) is 10.7. The molecule has 10 aromatic rings. The van der Waals surface area contributed by atoms with Gasteiger partial charge in [-0.05, 0) is 91.0 Å². The van der Waals surface area contributed by atoms with Gasteiger partial charge in [-0.3, -0.25) is 4.90 Å². The van der Waals surface area contributed by atoms with Crippen molar-refractivity contribution in [3.05, 3.63) is 176 Å². The average molecular weight is 696 g/mol. The molecule has 0 aliphatic carbocycles. The zero-order valence-corrected chi connectivity index (χ0v) is 28.8. The normalized spacial score (nSPS) is 12.7. The Morgan fingerprint density at radius 1 is 0.426 bits per heavy atom. The number of ether oxygens (including phenoxy) is 2. The lowest BCUT2D eigenvalue weighted by molar-refractivity contribution is 0.446. The molecule has 8 aromatic carbocycles. The number of anilines is 6. The maximum atomic E-state index is 6.75. The van der Waals surface area contributed by atoms with Gasteiger partial charge in [0.05, 0.1) is 39.2 Å². The molecule has 0 spiro atoms. The van der Waals surface area contributed by atoms with Gasteiger partial charge in [0.2, 0.25) is 0 Å². The lowest BCUT2D eigenvalue weighted by atomic mass is 10.0. The highest BCUT2D eigenvalue weighted by atomic mass is 16.5. The Bertz CT molecular complexity index is 3140. The van der Waals surface area contributed by atoms with E-state index in [9.17, 15) is 0 Å². The van der Waals surface area contributed by atoms with E-state index in [2.05, 4.69) is 136 Å². The molecular formula is C48H29N3O3. The van der Waals surface area contributed by atoms with E-state index in [1.54, 1.807) is 0 Å². The molecule has 0 N–H and O–H groups in total. The third kappa shape index (κ3) is 4.10. The number of furan rings is 1. The van der Waals surface area contributed by atoms with Crippen LogP contribution in [-0.2, 0) is 0 Å². The largest absolute Gasteiger partial charge is 0.456 e. The monoisotopic (exact) mass is 695 g/mol. The van der Waals surface area contributed by atoms with E-state index in [1.165, 1.54) is 10.8 Å². The van der Waals surface area contributed by atoms with Crippen molar-refractivity contribution in [3.63, 3.8) is 0 Å². The fraction of sp³-hybridized carbons (Fsp3) is 0. The molecule has 12 rings (SSSR count). The van der Waals surface area contributed by atoms with E-state index in [-0.39, 0.29) is 0 Å². The predicted octanol–water partition coefficient (Wildman–Crippen LogP) is 13.8. The van der Waals surface area contributed by atoms with Crippen LogP contribution in [0.15, 0.2) is 180 Å². The SMILES string of the molecule is c1ccc(-n2c3ccccc3c3cc(N(c4ccc5c(c4)Oc4cccc6c4N5c4ccccc4O6)c4cccc5oc6ccccc6c45)ccc32)cc1. The van der Waals surface area contributed by atoms with Crippen LogP contribution in [-0.4, -0.2) is 4.57 Å². The van der Waals surface area contributed by atoms with Crippen molar-refractivity contribution in [1.82, 2.24) is 4.57 Å². The summed E-state index contributed by atoms with van der Waals surface area (Å²) in [6, 6.07) is 61.2. The fourth-order valence-corrected chi connectivity index (χ4v) is 8.46. The first-order valence-corrected chi connectivity index (χ1v) is 18.1. The summed E-state index contributed by atoms with van der Waals surface area (Å²) in [5.74, 6) is 3.08. The van der Waals surface area contributed by atoms with Crippen molar-refractivity contribution in [2.45, 2.75) is 0 Å². The number of aromatic nitrogens is 1. The quantitative estimate of drug-likeness (QED) is 0.183. The van der Waals surface area contributed by atoms with Crippen LogP contribution in [0.5, 0.6) is 23.0 Å². The standard InChI is InChI=1S/C48H29N3O3/c1-2-12-30(13-3-1)50-36-16-6-4-14-33(36)35-28-31(24-26-37(35)50)49(40-18-10-21-43-47(40)34-15-5-8-19-41(34)52-43)32-25-27-39-46(29-32)54-45-23-11-22-44-48(45)51(39)38-17-7-9-20-42(38)53-44/h1-29H. The summed E-state index contributed by atoms with van der Waals surface area (Å²) in [5.41, 5.74) is 10.9. The molecule has 0 unspecified atom stereocenters. The first-order chi connectivity index (χ1) is 26.8. The number of hydrogen-bond donors (Lipinski definition) is 0. The first-order valence-electron chi connectivity index (χ1n) is 18.1. The summed E-state index contributed by atoms with van der Waals surface area (Å²) in [4.78, 5) is 4.59. The maximum Gasteiger partial charge on any atom is 0.155 e. The van der Waals surface area contributed by atoms with Gasteiger partial charge in [0.1, 0.15) is 16.9 Å². The van der Waals surface area contributed by atoms with Crippen LogP contribution >= 0.6 is 0 Å². The molecule has 0 radical (unpaired) electrons. The van der Waals surface area contributed by atoms with Crippen molar-refractivity contribution >= 4 is 77.9 Å². The minimum absolute atomic E-state index is 0.747. The van der Waals surface area contributed by atoms with Gasteiger partial charge in [-0.25, -0.2) is 0 Å². The molecule has 4 heterocycles. The number of benzene rings is 8. The summed E-state index contributed by atoms with van der Waals surface area (Å²) in [6.07, 6.45) is 0. The Kier molecular flexibility index (Phi) is 5.96. The van der Waals surface area contributed by atoms with Crippen molar-refractivity contribution < 1.29 is 13.9 Å². The number of hydrogen-bond acceptors (Lipinski definition) is 5. The molecule has 0 bridgehead atoms. The highest BCUT2D eigenvalue weighted by molar-refractivity contribution is 6.15. The van der Waals surface area contributed by atoms with Crippen LogP contribution in [0, 0.1) is 0 Å². The first kappa shape index (κ1) is 29.2. The van der Waals surface area contributed by atoms with Crippen LogP contribution in [0.3, 0.4) is 0 Å². The number of para-hydroxylation sites is 6. The molecule has 0 amide bonds. The van der Waals surface area contributed by atoms with Gasteiger partial charge in [-0.2, -0.15) is 0 Å². The molecular weight excluding hydrogens is 667 g/mol. The molecule has 0 fully saturated rings. The molecule has 2 aromatic heterocycles. The van der Waals surface area contributed by atoms with E-state index in [0.717, 1.165) is 95.8 Å². The van der Waals surface area contributed by atoms with Crippen molar-refractivity contribution in [2.75, 3.05) is 9.80 Å². The van der Waals surface area contributed by atoms with Crippen molar-refractivity contribution in [3.8, 4) is 28.7 Å². The van der Waals surface area contributed by atoms with Gasteiger partial charge in [0.15, 0.2) is 23.0 Å². The second-order valence-electron chi connectivity index (χ2n) is 13.7. The number of nitrogens with zero attached hydrogens (tertiary/aromatic N) is 3. The molecule has 2 aliphatic rings. The topological polar surface area (TPSA) is 43.0 Å². The summed E-state index contributed by atoms with van der Waals surface area (Å²) < 4.78 is 21.9. The van der Waals surface area contributed by atoms with Crippen LogP contribution in [0.25, 0.3) is 49.4 Å². The third-order valence-corrected chi connectivity index (χ3v) is 10.7. The van der Waals surface area contributed by atoms with E-state index in [0.29, 0.717) is 0 Å². The van der Waals surface area contributed by atoms with E-state index in [4.69, 9.17) is 13.9 Å². The molecule has 254 valence electrons. The Labute approximate surface area is 309 Å². The fourth-order valence-electron chi connectivity index (χ4n) is 8.46. The van der Waals surface area contributed by atoms with Gasteiger partial charge in [0, 0.05) is 33.6 Å². The van der Waals surface area contributed by atoms with Gasteiger partial charge in [-0.1, -0.05) is 78.9 Å². The molecule has 0 saturated heterocycles. The van der Waals surface area contributed by atoms with E-state index < -0.39 is 0 Å². The van der Waals surface area contributed by atoms with Gasteiger partial charge < -0.3 is 23.4 Å². The Hall–Kier alpha value is -7.44. The van der Waals surface area contributed by atoms with Gasteiger partial charge >= 0.3 is 0 Å². The van der Waals surface area contributed by atoms with Crippen LogP contribution < -0.4 is 19.3 Å². The van der Waals surface area contributed by atoms with E-state index in [1.807, 2.05) is 54.6 Å². The summed E-state index contributed by atoms with van der Waals surface area (Å²) >= 11 is 0. The zero-order chi connectivity index (χ0) is 35.3. The van der Waals surface area contributed by atoms with Crippen molar-refractivity contribution in [2.24, 2.45) is 0 Å². The highest BCUT2D eigenvalue weighted by Gasteiger charge is 2.35. The second-order valence-corrected chi connectivity index (χ2v) is 13.7. The Morgan fingerprint density at radius 2 is 1.07 bits per heavy atom. The summed E-state index contributed by atoms with van der Waals surface area (Å²) in [5, 5.41) is 4.48. The highest BCUT2D eigenvalue weighted by Crippen LogP contribution is 2.60. The van der Waals surface area contributed by atoms with Gasteiger partial charge in [-0.15, -0.1) is 0 Å². The molecule has 6 nitrogen and oxygen atoms in total. The second kappa shape index (κ2) is 11.0. The van der Waals surface area contributed by atoms with Crippen LogP contribution in [0.1, 0.15) is 0 Å². The van der Waals surface area contributed by atoms with Crippen LogP contribution in [0.2, 0.25) is 0 Å². The minimum Gasteiger partial charge on any atom is -0.456 e. The number of fused-ring (bicyclic) bond motifs is 10. The maximum absolute atomic E-state index is 6.75. The Morgan fingerprint density at radius 3 is 1.98 bits per heavy atom. The molecule has 0 saturated carbocycles. The van der Waals surface area contributed by atoms with Crippen molar-refractivity contribution in [1.29, 1.82) is 0 Å². The van der Waals surface area contributed by atoms with E-state index >= 15 is 0 Å². The minimum atomic E-state index is 0.747. The summed E-state index contributed by atoms with van der Waals surface area (Å²) in [6.45, 7) is 0. The predicted molar refractivity (Wildman–Crippen MR) is 218 cm³/mol.